The van der Waals surface area contributed by atoms with Crippen molar-refractivity contribution < 1.29 is 0 Å². The molecule has 3 heteroatoms. The molecule has 1 heterocycles. The summed E-state index contributed by atoms with van der Waals surface area (Å²) in [5.74, 6) is 0. The normalized spacial score (nSPS) is 11.1. The van der Waals surface area contributed by atoms with E-state index in [1.54, 1.807) is 6.20 Å². The zero-order valence-electron chi connectivity index (χ0n) is 9.98. The first kappa shape index (κ1) is 11.5. The van der Waals surface area contributed by atoms with Gasteiger partial charge in [-0.25, -0.2) is 0 Å². The molecule has 3 N–H and O–H groups in total. The molecule has 2 rings (SSSR count). The molecule has 88 valence electrons. The highest BCUT2D eigenvalue weighted by Crippen LogP contribution is 2.25. The van der Waals surface area contributed by atoms with E-state index in [2.05, 4.69) is 22.5 Å². The summed E-state index contributed by atoms with van der Waals surface area (Å²) in [6.45, 7) is 2.95. The molecule has 0 saturated heterocycles. The van der Waals surface area contributed by atoms with Gasteiger partial charge in [0.25, 0.3) is 0 Å². The Morgan fingerprint density at radius 3 is 3.06 bits per heavy atom. The number of benzene rings is 1. The largest absolute Gasteiger partial charge is 0.397 e. The first-order valence-corrected chi connectivity index (χ1v) is 5.81. The average Bonchev–Trinajstić information content (AvgIpc) is 2.36. The number of pyridine rings is 1. The molecule has 0 bridgehead atoms. The van der Waals surface area contributed by atoms with Crippen molar-refractivity contribution in [3.05, 3.63) is 42.6 Å². The lowest BCUT2D eigenvalue weighted by molar-refractivity contribution is 1.07. The predicted molar refractivity (Wildman–Crippen MR) is 74.1 cm³/mol. The average molecular weight is 227 g/mol. The molecule has 0 unspecified atom stereocenters. The zero-order chi connectivity index (χ0) is 12.1. The van der Waals surface area contributed by atoms with E-state index in [0.29, 0.717) is 0 Å². The maximum absolute atomic E-state index is 5.90. The van der Waals surface area contributed by atoms with Gasteiger partial charge in [-0.15, -0.1) is 0 Å². The van der Waals surface area contributed by atoms with Crippen molar-refractivity contribution in [1.29, 1.82) is 0 Å². The van der Waals surface area contributed by atoms with Gasteiger partial charge in [0.2, 0.25) is 0 Å². The molecule has 1 aromatic heterocycles. The van der Waals surface area contributed by atoms with Crippen LogP contribution in [0.4, 0.5) is 11.4 Å². The van der Waals surface area contributed by atoms with E-state index in [4.69, 9.17) is 5.73 Å². The smallest absolute Gasteiger partial charge is 0.0951 e. The van der Waals surface area contributed by atoms with Crippen molar-refractivity contribution in [3.8, 4) is 0 Å². The number of nitrogens with zero attached hydrogens (tertiary/aromatic N) is 1. The zero-order valence-corrected chi connectivity index (χ0v) is 9.98. The van der Waals surface area contributed by atoms with E-state index in [0.717, 1.165) is 35.2 Å². The summed E-state index contributed by atoms with van der Waals surface area (Å²) in [7, 11) is 0. The van der Waals surface area contributed by atoms with Crippen LogP contribution in [0.5, 0.6) is 0 Å². The Labute approximate surface area is 101 Å². The lowest BCUT2D eigenvalue weighted by Gasteiger charge is -2.09. The monoisotopic (exact) mass is 227 g/mol. The van der Waals surface area contributed by atoms with Gasteiger partial charge in [-0.2, -0.15) is 0 Å². The number of nitrogens with one attached hydrogen (secondary N) is 1. The molecule has 0 atom stereocenters. The van der Waals surface area contributed by atoms with Crippen LogP contribution in [0.1, 0.15) is 13.3 Å². The minimum atomic E-state index is 0.722. The first-order chi connectivity index (χ1) is 8.33. The second-order valence-electron chi connectivity index (χ2n) is 3.89. The van der Waals surface area contributed by atoms with Crippen molar-refractivity contribution in [1.82, 2.24) is 4.98 Å². The van der Waals surface area contributed by atoms with Crippen LogP contribution in [0, 0.1) is 0 Å². The standard InChI is InChI=1S/C14H17N3/c1-2-3-4-9-16-13-8-10-17-14-11(13)6-5-7-12(14)15/h2-3,5-8,10H,4,9,15H2,1H3,(H,16,17)/b3-2+. The summed E-state index contributed by atoms with van der Waals surface area (Å²) < 4.78 is 0. The van der Waals surface area contributed by atoms with E-state index in [-0.39, 0.29) is 0 Å². The summed E-state index contributed by atoms with van der Waals surface area (Å²) in [4.78, 5) is 4.31. The number of fused-ring (bicyclic) bond motifs is 1. The minimum absolute atomic E-state index is 0.722. The van der Waals surface area contributed by atoms with Crippen LogP contribution in [0.3, 0.4) is 0 Å². The highest BCUT2D eigenvalue weighted by molar-refractivity contribution is 5.97. The van der Waals surface area contributed by atoms with E-state index in [1.807, 2.05) is 31.2 Å². The Hall–Kier alpha value is -2.03. The van der Waals surface area contributed by atoms with Crippen LogP contribution < -0.4 is 11.1 Å². The van der Waals surface area contributed by atoms with Gasteiger partial charge in [0.1, 0.15) is 0 Å². The fourth-order valence-electron chi connectivity index (χ4n) is 1.81. The Balaban J connectivity index is 2.25. The molecule has 0 spiro atoms. The van der Waals surface area contributed by atoms with Crippen LogP contribution >= 0.6 is 0 Å². The van der Waals surface area contributed by atoms with Gasteiger partial charge in [0.15, 0.2) is 0 Å². The molecule has 3 nitrogen and oxygen atoms in total. The van der Waals surface area contributed by atoms with Gasteiger partial charge in [0.05, 0.1) is 11.2 Å². The van der Waals surface area contributed by atoms with Crippen molar-refractivity contribution in [3.63, 3.8) is 0 Å². The third-order valence-corrected chi connectivity index (χ3v) is 2.66. The summed E-state index contributed by atoms with van der Waals surface area (Å²) in [6.07, 6.45) is 7.01. The Bertz CT molecular complexity index is 532. The molecular formula is C14H17N3. The molecule has 2 aromatic rings. The van der Waals surface area contributed by atoms with Crippen LogP contribution in [0.2, 0.25) is 0 Å². The molecular weight excluding hydrogens is 210 g/mol. The van der Waals surface area contributed by atoms with E-state index < -0.39 is 0 Å². The molecule has 0 saturated carbocycles. The molecule has 0 amide bonds. The number of nitrogen functional groups attached to an aromatic ring is 1. The van der Waals surface area contributed by atoms with Crippen LogP contribution in [-0.4, -0.2) is 11.5 Å². The lowest BCUT2D eigenvalue weighted by Crippen LogP contribution is -2.01. The molecule has 0 aliphatic carbocycles. The van der Waals surface area contributed by atoms with Crippen molar-refractivity contribution in [2.75, 3.05) is 17.6 Å². The van der Waals surface area contributed by atoms with Gasteiger partial charge >= 0.3 is 0 Å². The second-order valence-corrected chi connectivity index (χ2v) is 3.89. The SMILES string of the molecule is C/C=C/CCNc1ccnc2c(N)cccc12. The van der Waals surface area contributed by atoms with Gasteiger partial charge in [0, 0.05) is 23.8 Å². The third-order valence-electron chi connectivity index (χ3n) is 2.66. The maximum Gasteiger partial charge on any atom is 0.0951 e. The van der Waals surface area contributed by atoms with Gasteiger partial charge in [-0.05, 0) is 25.5 Å². The minimum Gasteiger partial charge on any atom is -0.397 e. The number of allylic oxidation sites excluding steroid dienone is 1. The van der Waals surface area contributed by atoms with E-state index in [1.165, 1.54) is 0 Å². The summed E-state index contributed by atoms with van der Waals surface area (Å²) in [5.41, 5.74) is 8.58. The van der Waals surface area contributed by atoms with E-state index in [9.17, 15) is 0 Å². The number of hydrogen-bond donors (Lipinski definition) is 2. The van der Waals surface area contributed by atoms with Crippen LogP contribution in [0.25, 0.3) is 10.9 Å². The molecule has 0 aliphatic heterocycles. The number of rotatable bonds is 4. The highest BCUT2D eigenvalue weighted by Gasteiger charge is 2.02. The summed E-state index contributed by atoms with van der Waals surface area (Å²) in [6, 6.07) is 7.85. The van der Waals surface area contributed by atoms with Crippen molar-refractivity contribution in [2.24, 2.45) is 0 Å². The van der Waals surface area contributed by atoms with Gasteiger partial charge in [-0.3, -0.25) is 4.98 Å². The van der Waals surface area contributed by atoms with Crippen LogP contribution in [0.15, 0.2) is 42.6 Å². The second kappa shape index (κ2) is 5.34. The fraction of sp³-hybridized carbons (Fsp3) is 0.214. The number of hydrogen-bond acceptors (Lipinski definition) is 3. The fourth-order valence-corrected chi connectivity index (χ4v) is 1.81. The molecule has 17 heavy (non-hydrogen) atoms. The predicted octanol–water partition coefficient (Wildman–Crippen LogP) is 3.20. The Kier molecular flexibility index (Phi) is 3.60. The number of para-hydroxylation sites is 1. The quantitative estimate of drug-likeness (QED) is 0.479. The van der Waals surface area contributed by atoms with Gasteiger partial charge < -0.3 is 11.1 Å². The molecule has 0 fully saturated rings. The number of nitrogens with two attached hydrogens (primary N) is 1. The van der Waals surface area contributed by atoms with Crippen molar-refractivity contribution in [2.45, 2.75) is 13.3 Å². The van der Waals surface area contributed by atoms with Crippen molar-refractivity contribution >= 4 is 22.3 Å². The topological polar surface area (TPSA) is 50.9 Å². The van der Waals surface area contributed by atoms with Gasteiger partial charge in [-0.1, -0.05) is 24.3 Å². The Morgan fingerprint density at radius 1 is 1.35 bits per heavy atom. The maximum atomic E-state index is 5.90. The third kappa shape index (κ3) is 2.56. The molecule has 0 aliphatic rings. The van der Waals surface area contributed by atoms with Crippen LogP contribution in [-0.2, 0) is 0 Å². The lowest BCUT2D eigenvalue weighted by atomic mass is 10.1. The number of anilines is 2. The Morgan fingerprint density at radius 2 is 2.24 bits per heavy atom. The first-order valence-electron chi connectivity index (χ1n) is 5.81. The summed E-state index contributed by atoms with van der Waals surface area (Å²) >= 11 is 0. The summed E-state index contributed by atoms with van der Waals surface area (Å²) in [5, 5.41) is 4.48. The number of aromatic nitrogens is 1. The molecule has 1 aromatic carbocycles. The highest BCUT2D eigenvalue weighted by atomic mass is 14.9. The van der Waals surface area contributed by atoms with E-state index >= 15 is 0 Å². The molecule has 0 radical (unpaired) electrons.